The fraction of sp³-hybridized carbons (Fsp3) is 0.538. The predicted octanol–water partition coefficient (Wildman–Crippen LogP) is 2.63. The molecule has 84 valence electrons. The molecular weight excluding hydrogens is 188 g/mol. The Hall–Kier alpha value is -1.02. The normalized spacial score (nSPS) is 12.6. The minimum absolute atomic E-state index is 0.253. The minimum atomic E-state index is -0.253. The summed E-state index contributed by atoms with van der Waals surface area (Å²) >= 11 is 0. The van der Waals surface area contributed by atoms with E-state index in [1.807, 2.05) is 6.92 Å². The standard InChI is InChI=1S/C13H20O2/c1-9-7-12(6-5-11(3)14)13(15-4)8-10(9)2/h7-8,11,14H,5-6H2,1-4H3/t11-/m0/s1. The van der Waals surface area contributed by atoms with Crippen molar-refractivity contribution in [2.75, 3.05) is 7.11 Å². The van der Waals surface area contributed by atoms with Crippen LogP contribution in [0, 0.1) is 13.8 Å². The molecule has 15 heavy (non-hydrogen) atoms. The molecular formula is C13H20O2. The number of ether oxygens (including phenoxy) is 1. The average Bonchev–Trinajstić information content (AvgIpc) is 2.19. The molecule has 0 unspecified atom stereocenters. The van der Waals surface area contributed by atoms with Crippen LogP contribution in [0.3, 0.4) is 0 Å². The van der Waals surface area contributed by atoms with Crippen LogP contribution < -0.4 is 4.74 Å². The molecule has 1 rings (SSSR count). The van der Waals surface area contributed by atoms with Gasteiger partial charge in [0.25, 0.3) is 0 Å². The predicted molar refractivity (Wildman–Crippen MR) is 62.5 cm³/mol. The summed E-state index contributed by atoms with van der Waals surface area (Å²) in [4.78, 5) is 0. The summed E-state index contributed by atoms with van der Waals surface area (Å²) in [7, 11) is 1.69. The van der Waals surface area contributed by atoms with Gasteiger partial charge < -0.3 is 9.84 Å². The summed E-state index contributed by atoms with van der Waals surface area (Å²) in [5.41, 5.74) is 3.70. The molecule has 0 aliphatic carbocycles. The molecule has 2 nitrogen and oxygen atoms in total. The van der Waals surface area contributed by atoms with Crippen molar-refractivity contribution in [1.82, 2.24) is 0 Å². The molecule has 1 aromatic carbocycles. The highest BCUT2D eigenvalue weighted by Gasteiger charge is 2.07. The topological polar surface area (TPSA) is 29.5 Å². The van der Waals surface area contributed by atoms with E-state index in [1.54, 1.807) is 7.11 Å². The summed E-state index contributed by atoms with van der Waals surface area (Å²) in [5, 5.41) is 9.26. The molecule has 1 atom stereocenters. The van der Waals surface area contributed by atoms with Crippen LogP contribution in [0.2, 0.25) is 0 Å². The van der Waals surface area contributed by atoms with Gasteiger partial charge in [-0.2, -0.15) is 0 Å². The van der Waals surface area contributed by atoms with Gasteiger partial charge in [0.2, 0.25) is 0 Å². The van der Waals surface area contributed by atoms with Gasteiger partial charge in [-0.15, -0.1) is 0 Å². The SMILES string of the molecule is COc1cc(C)c(C)cc1CC[C@H](C)O. The maximum Gasteiger partial charge on any atom is 0.122 e. The van der Waals surface area contributed by atoms with Crippen molar-refractivity contribution in [3.05, 3.63) is 28.8 Å². The summed E-state index contributed by atoms with van der Waals surface area (Å²) in [5.74, 6) is 0.929. The first-order valence-corrected chi connectivity index (χ1v) is 5.36. The highest BCUT2D eigenvalue weighted by molar-refractivity contribution is 5.41. The summed E-state index contributed by atoms with van der Waals surface area (Å²) in [6.07, 6.45) is 1.39. The Morgan fingerprint density at radius 1 is 1.27 bits per heavy atom. The maximum absolute atomic E-state index is 9.26. The third-order valence-corrected chi connectivity index (χ3v) is 2.73. The van der Waals surface area contributed by atoms with Gasteiger partial charge in [0.15, 0.2) is 0 Å². The van der Waals surface area contributed by atoms with E-state index in [-0.39, 0.29) is 6.10 Å². The van der Waals surface area contributed by atoms with E-state index in [1.165, 1.54) is 16.7 Å². The zero-order chi connectivity index (χ0) is 11.4. The third-order valence-electron chi connectivity index (χ3n) is 2.73. The van der Waals surface area contributed by atoms with E-state index in [4.69, 9.17) is 4.74 Å². The van der Waals surface area contributed by atoms with Crippen molar-refractivity contribution in [3.8, 4) is 5.75 Å². The van der Waals surface area contributed by atoms with Crippen LogP contribution in [0.15, 0.2) is 12.1 Å². The fourth-order valence-electron chi connectivity index (χ4n) is 1.60. The molecule has 0 aliphatic heterocycles. The van der Waals surface area contributed by atoms with Crippen molar-refractivity contribution in [3.63, 3.8) is 0 Å². The molecule has 2 heteroatoms. The lowest BCUT2D eigenvalue weighted by molar-refractivity contribution is 0.184. The van der Waals surface area contributed by atoms with Crippen molar-refractivity contribution in [2.24, 2.45) is 0 Å². The first kappa shape index (κ1) is 12.1. The van der Waals surface area contributed by atoms with Crippen LogP contribution in [-0.2, 0) is 6.42 Å². The van der Waals surface area contributed by atoms with Crippen LogP contribution in [0.25, 0.3) is 0 Å². The highest BCUT2D eigenvalue weighted by atomic mass is 16.5. The molecule has 1 aromatic rings. The zero-order valence-corrected chi connectivity index (χ0v) is 10.0. The Balaban J connectivity index is 2.89. The van der Waals surface area contributed by atoms with E-state index in [2.05, 4.69) is 26.0 Å². The lowest BCUT2D eigenvalue weighted by atomic mass is 10.0. The number of methoxy groups -OCH3 is 1. The first-order valence-electron chi connectivity index (χ1n) is 5.36. The number of aryl methyl sites for hydroxylation is 3. The summed E-state index contributed by atoms with van der Waals surface area (Å²) < 4.78 is 5.33. The van der Waals surface area contributed by atoms with Crippen molar-refractivity contribution in [2.45, 2.75) is 39.7 Å². The number of hydrogen-bond acceptors (Lipinski definition) is 2. The Labute approximate surface area is 91.9 Å². The van der Waals surface area contributed by atoms with Crippen LogP contribution >= 0.6 is 0 Å². The van der Waals surface area contributed by atoms with Crippen LogP contribution in [0.4, 0.5) is 0 Å². The second-order valence-electron chi connectivity index (χ2n) is 4.14. The van der Waals surface area contributed by atoms with Gasteiger partial charge in [-0.25, -0.2) is 0 Å². The second kappa shape index (κ2) is 5.17. The van der Waals surface area contributed by atoms with Crippen LogP contribution in [0.1, 0.15) is 30.0 Å². The molecule has 1 N–H and O–H groups in total. The van der Waals surface area contributed by atoms with Crippen molar-refractivity contribution >= 4 is 0 Å². The first-order chi connectivity index (χ1) is 7.04. The molecule has 0 saturated carbocycles. The molecule has 0 aliphatic rings. The molecule has 0 radical (unpaired) electrons. The van der Waals surface area contributed by atoms with Gasteiger partial charge >= 0.3 is 0 Å². The van der Waals surface area contributed by atoms with Gasteiger partial charge in [-0.05, 0) is 56.4 Å². The van der Waals surface area contributed by atoms with Gasteiger partial charge in [-0.3, -0.25) is 0 Å². The lowest BCUT2D eigenvalue weighted by Gasteiger charge is -2.12. The summed E-state index contributed by atoms with van der Waals surface area (Å²) in [6.45, 7) is 5.99. The quantitative estimate of drug-likeness (QED) is 0.824. The largest absolute Gasteiger partial charge is 0.496 e. The van der Waals surface area contributed by atoms with Gasteiger partial charge in [0.1, 0.15) is 5.75 Å². The van der Waals surface area contributed by atoms with E-state index in [9.17, 15) is 5.11 Å². The Bertz CT molecular complexity index is 330. The summed E-state index contributed by atoms with van der Waals surface area (Å²) in [6, 6.07) is 4.21. The third kappa shape index (κ3) is 3.24. The number of benzene rings is 1. The van der Waals surface area contributed by atoms with E-state index in [0.29, 0.717) is 0 Å². The molecule has 0 aromatic heterocycles. The van der Waals surface area contributed by atoms with Gasteiger partial charge in [-0.1, -0.05) is 6.07 Å². The van der Waals surface area contributed by atoms with Crippen molar-refractivity contribution in [1.29, 1.82) is 0 Å². The number of rotatable bonds is 4. The molecule has 0 bridgehead atoms. The molecule has 0 heterocycles. The van der Waals surface area contributed by atoms with Gasteiger partial charge in [0.05, 0.1) is 13.2 Å². The number of aliphatic hydroxyl groups excluding tert-OH is 1. The maximum atomic E-state index is 9.26. The average molecular weight is 208 g/mol. The van der Waals surface area contributed by atoms with E-state index < -0.39 is 0 Å². The van der Waals surface area contributed by atoms with E-state index >= 15 is 0 Å². The molecule has 0 spiro atoms. The lowest BCUT2D eigenvalue weighted by Crippen LogP contribution is -2.03. The monoisotopic (exact) mass is 208 g/mol. The molecule has 0 saturated heterocycles. The Morgan fingerprint density at radius 2 is 1.87 bits per heavy atom. The number of hydrogen-bond donors (Lipinski definition) is 1. The van der Waals surface area contributed by atoms with Crippen molar-refractivity contribution < 1.29 is 9.84 Å². The fourth-order valence-corrected chi connectivity index (χ4v) is 1.60. The van der Waals surface area contributed by atoms with Crippen LogP contribution in [-0.4, -0.2) is 18.3 Å². The molecule has 0 fully saturated rings. The van der Waals surface area contributed by atoms with Gasteiger partial charge in [0, 0.05) is 0 Å². The highest BCUT2D eigenvalue weighted by Crippen LogP contribution is 2.24. The number of aliphatic hydroxyl groups is 1. The zero-order valence-electron chi connectivity index (χ0n) is 10.0. The minimum Gasteiger partial charge on any atom is -0.496 e. The Kier molecular flexibility index (Phi) is 4.15. The Morgan fingerprint density at radius 3 is 2.40 bits per heavy atom. The second-order valence-corrected chi connectivity index (χ2v) is 4.14. The smallest absolute Gasteiger partial charge is 0.122 e. The molecule has 0 amide bonds. The van der Waals surface area contributed by atoms with E-state index in [0.717, 1.165) is 18.6 Å². The van der Waals surface area contributed by atoms with Crippen LogP contribution in [0.5, 0.6) is 5.75 Å².